The van der Waals surface area contributed by atoms with Gasteiger partial charge in [0, 0.05) is 11.6 Å². The predicted molar refractivity (Wildman–Crippen MR) is 43.0 cm³/mol. The van der Waals surface area contributed by atoms with E-state index in [1.54, 1.807) is 0 Å². The molecule has 1 aliphatic rings. The summed E-state index contributed by atoms with van der Waals surface area (Å²) in [4.78, 5) is 10.4. The number of carbonyl (C=O) groups is 1. The minimum atomic E-state index is -3.69. The highest BCUT2D eigenvalue weighted by Crippen LogP contribution is 2.43. The summed E-state index contributed by atoms with van der Waals surface area (Å²) in [6, 6.07) is 2.22. The number of fused-ring (bicyclic) bond motifs is 1. The van der Waals surface area contributed by atoms with Crippen molar-refractivity contribution in [2.24, 2.45) is 0 Å². The molecule has 0 atom stereocenters. The average molecular weight is 221 g/mol. The van der Waals surface area contributed by atoms with Crippen LogP contribution in [0.2, 0.25) is 5.02 Å². The maximum absolute atomic E-state index is 12.5. The van der Waals surface area contributed by atoms with Gasteiger partial charge in [0.1, 0.15) is 0 Å². The maximum Gasteiger partial charge on any atom is 0.586 e. The first-order chi connectivity index (χ1) is 6.52. The second-order valence-electron chi connectivity index (χ2n) is 2.61. The first-order valence-electron chi connectivity index (χ1n) is 3.56. The number of benzene rings is 1. The number of halogens is 3. The van der Waals surface area contributed by atoms with E-state index >= 15 is 0 Å². The fourth-order valence-corrected chi connectivity index (χ4v) is 1.28. The highest BCUT2D eigenvalue weighted by Gasteiger charge is 2.43. The first kappa shape index (κ1) is 9.21. The van der Waals surface area contributed by atoms with E-state index < -0.39 is 6.29 Å². The summed E-state index contributed by atoms with van der Waals surface area (Å²) in [6.45, 7) is 0. The quantitative estimate of drug-likeness (QED) is 0.682. The van der Waals surface area contributed by atoms with E-state index in [0.717, 1.165) is 12.1 Å². The molecule has 2 rings (SSSR count). The molecule has 0 saturated heterocycles. The molecule has 0 unspecified atom stereocenters. The normalized spacial score (nSPS) is 16.8. The Kier molecular flexibility index (Phi) is 1.85. The van der Waals surface area contributed by atoms with Gasteiger partial charge in [0.05, 0.1) is 5.02 Å². The Morgan fingerprint density at radius 2 is 1.86 bits per heavy atom. The molecule has 6 heteroatoms. The van der Waals surface area contributed by atoms with Gasteiger partial charge in [-0.05, 0) is 6.07 Å². The van der Waals surface area contributed by atoms with Crippen LogP contribution in [0, 0.1) is 0 Å². The molecule has 0 spiro atoms. The molecule has 1 aromatic carbocycles. The Morgan fingerprint density at radius 3 is 2.43 bits per heavy atom. The zero-order valence-corrected chi connectivity index (χ0v) is 7.35. The summed E-state index contributed by atoms with van der Waals surface area (Å²) in [5.41, 5.74) is 0.0757. The van der Waals surface area contributed by atoms with Crippen molar-refractivity contribution < 1.29 is 23.0 Å². The van der Waals surface area contributed by atoms with Gasteiger partial charge < -0.3 is 9.47 Å². The van der Waals surface area contributed by atoms with Crippen LogP contribution in [-0.4, -0.2) is 12.6 Å². The fourth-order valence-electron chi connectivity index (χ4n) is 1.08. The molecule has 74 valence electrons. The lowest BCUT2D eigenvalue weighted by Crippen LogP contribution is -2.25. The molecular formula is C8H3ClF2O3. The van der Waals surface area contributed by atoms with Gasteiger partial charge in [0.2, 0.25) is 0 Å². The highest BCUT2D eigenvalue weighted by molar-refractivity contribution is 6.33. The summed E-state index contributed by atoms with van der Waals surface area (Å²) in [5, 5.41) is 0.0417. The molecule has 0 bridgehead atoms. The van der Waals surface area contributed by atoms with Crippen molar-refractivity contribution in [3.05, 3.63) is 22.7 Å². The Labute approximate surface area is 82.2 Å². The molecule has 0 aliphatic carbocycles. The summed E-state index contributed by atoms with van der Waals surface area (Å²) in [5.74, 6) is -0.368. The van der Waals surface area contributed by atoms with Gasteiger partial charge in [-0.3, -0.25) is 4.79 Å². The lowest BCUT2D eigenvalue weighted by molar-refractivity contribution is -0.286. The first-order valence-corrected chi connectivity index (χ1v) is 3.94. The third-order valence-electron chi connectivity index (χ3n) is 1.65. The molecule has 0 fully saturated rings. The van der Waals surface area contributed by atoms with E-state index in [1.165, 1.54) is 0 Å². The van der Waals surface area contributed by atoms with Crippen LogP contribution in [0.4, 0.5) is 8.78 Å². The van der Waals surface area contributed by atoms with Crippen molar-refractivity contribution in [3.8, 4) is 11.5 Å². The largest absolute Gasteiger partial charge is 0.586 e. The lowest BCUT2D eigenvalue weighted by atomic mass is 10.2. The number of rotatable bonds is 1. The highest BCUT2D eigenvalue weighted by atomic mass is 35.5. The summed E-state index contributed by atoms with van der Waals surface area (Å²) >= 11 is 5.59. The Bertz CT molecular complexity index is 406. The molecule has 3 nitrogen and oxygen atoms in total. The standard InChI is InChI=1S/C8H3ClF2O3/c9-5-2-7-6(1-4(5)3-12)13-8(10,11)14-7/h1-3H. The van der Waals surface area contributed by atoms with Gasteiger partial charge in [-0.2, -0.15) is 0 Å². The van der Waals surface area contributed by atoms with Crippen molar-refractivity contribution >= 4 is 17.9 Å². The lowest BCUT2D eigenvalue weighted by Gasteiger charge is -2.04. The van der Waals surface area contributed by atoms with Gasteiger partial charge in [-0.1, -0.05) is 11.6 Å². The number of aldehydes is 1. The van der Waals surface area contributed by atoms with Crippen LogP contribution in [0.25, 0.3) is 0 Å². The smallest absolute Gasteiger partial charge is 0.395 e. The van der Waals surface area contributed by atoms with Crippen LogP contribution in [0.3, 0.4) is 0 Å². The molecule has 1 aliphatic heterocycles. The molecule has 0 saturated carbocycles. The molecule has 1 aromatic rings. The second kappa shape index (κ2) is 2.81. The average Bonchev–Trinajstić information content (AvgIpc) is 2.36. The monoisotopic (exact) mass is 220 g/mol. The van der Waals surface area contributed by atoms with Gasteiger partial charge >= 0.3 is 6.29 Å². The van der Waals surface area contributed by atoms with E-state index in [4.69, 9.17) is 11.6 Å². The minimum Gasteiger partial charge on any atom is -0.395 e. The van der Waals surface area contributed by atoms with E-state index in [1.807, 2.05) is 0 Å². The SMILES string of the molecule is O=Cc1cc2c(cc1Cl)OC(F)(F)O2. The Morgan fingerprint density at radius 1 is 1.29 bits per heavy atom. The van der Waals surface area contributed by atoms with Gasteiger partial charge in [0.15, 0.2) is 17.8 Å². The summed E-state index contributed by atoms with van der Waals surface area (Å²) in [6.07, 6.45) is -3.24. The topological polar surface area (TPSA) is 35.5 Å². The van der Waals surface area contributed by atoms with E-state index in [9.17, 15) is 13.6 Å². The molecule has 0 amide bonds. The van der Waals surface area contributed by atoms with Crippen molar-refractivity contribution in [2.75, 3.05) is 0 Å². The fraction of sp³-hybridized carbons (Fsp3) is 0.125. The zero-order chi connectivity index (χ0) is 10.3. The van der Waals surface area contributed by atoms with Gasteiger partial charge in [-0.25, -0.2) is 0 Å². The molecule has 14 heavy (non-hydrogen) atoms. The van der Waals surface area contributed by atoms with Crippen molar-refractivity contribution in [1.82, 2.24) is 0 Å². The van der Waals surface area contributed by atoms with Crippen LogP contribution >= 0.6 is 11.6 Å². The van der Waals surface area contributed by atoms with Crippen molar-refractivity contribution in [1.29, 1.82) is 0 Å². The summed E-state index contributed by atoms with van der Waals surface area (Å²) < 4.78 is 33.3. The maximum atomic E-state index is 12.5. The predicted octanol–water partition coefficient (Wildman–Crippen LogP) is 2.47. The number of hydrogen-bond acceptors (Lipinski definition) is 3. The zero-order valence-electron chi connectivity index (χ0n) is 6.59. The number of carbonyl (C=O) groups excluding carboxylic acids is 1. The van der Waals surface area contributed by atoms with Crippen molar-refractivity contribution in [3.63, 3.8) is 0 Å². The van der Waals surface area contributed by atoms with Crippen LogP contribution < -0.4 is 9.47 Å². The molecule has 0 aromatic heterocycles. The van der Waals surface area contributed by atoms with Crippen molar-refractivity contribution in [2.45, 2.75) is 6.29 Å². The molecule has 0 N–H and O–H groups in total. The molecule has 1 heterocycles. The van der Waals surface area contributed by atoms with Crippen LogP contribution in [0.15, 0.2) is 12.1 Å². The third kappa shape index (κ3) is 1.39. The van der Waals surface area contributed by atoms with Crippen LogP contribution in [-0.2, 0) is 0 Å². The van der Waals surface area contributed by atoms with Crippen LogP contribution in [0.5, 0.6) is 11.5 Å². The van der Waals surface area contributed by atoms with E-state index in [0.29, 0.717) is 6.29 Å². The Balaban J connectivity index is 2.49. The van der Waals surface area contributed by atoms with Crippen LogP contribution in [0.1, 0.15) is 10.4 Å². The number of ether oxygens (including phenoxy) is 2. The molecule has 0 radical (unpaired) electrons. The summed E-state index contributed by atoms with van der Waals surface area (Å²) in [7, 11) is 0. The molecular weight excluding hydrogens is 218 g/mol. The van der Waals surface area contributed by atoms with Gasteiger partial charge in [0.25, 0.3) is 0 Å². The Hall–Kier alpha value is -1.36. The van der Waals surface area contributed by atoms with E-state index in [-0.39, 0.29) is 22.1 Å². The minimum absolute atomic E-state index is 0.0417. The number of alkyl halides is 2. The van der Waals surface area contributed by atoms with Gasteiger partial charge in [-0.15, -0.1) is 8.78 Å². The number of hydrogen-bond donors (Lipinski definition) is 0. The third-order valence-corrected chi connectivity index (χ3v) is 1.97. The van der Waals surface area contributed by atoms with E-state index in [2.05, 4.69) is 9.47 Å². The second-order valence-corrected chi connectivity index (χ2v) is 3.01.